The lowest BCUT2D eigenvalue weighted by atomic mass is 9.98. The zero-order valence-electron chi connectivity index (χ0n) is 57.8. The van der Waals surface area contributed by atoms with Gasteiger partial charge in [-0.05, 0) is 111 Å². The molecule has 0 saturated heterocycles. The number of hydrogen-bond acceptors (Lipinski definition) is 16. The van der Waals surface area contributed by atoms with Gasteiger partial charge in [0, 0.05) is 67.4 Å². The van der Waals surface area contributed by atoms with Gasteiger partial charge in [-0.15, -0.1) is 0 Å². The number of aromatic nitrogens is 1. The first-order valence-electron chi connectivity index (χ1n) is 33.0. The summed E-state index contributed by atoms with van der Waals surface area (Å²) in [6, 6.07) is 5.73. The first-order chi connectivity index (χ1) is 47.5. The number of primary amides is 3. The fourth-order valence-electron chi connectivity index (χ4n) is 10.8. The molecule has 34 heteroatoms. The van der Waals surface area contributed by atoms with Crippen molar-refractivity contribution < 1.29 is 67.7 Å². The van der Waals surface area contributed by atoms with E-state index in [9.17, 15) is 67.7 Å². The third-order valence-electron chi connectivity index (χ3n) is 16.3. The van der Waals surface area contributed by atoms with Gasteiger partial charge < -0.3 is 103 Å². The minimum absolute atomic E-state index is 0.0129. The summed E-state index contributed by atoms with van der Waals surface area (Å²) in [7, 11) is 1.22. The molecule has 3 aromatic carbocycles. The van der Waals surface area contributed by atoms with Gasteiger partial charge in [0.1, 0.15) is 60.1 Å². The third-order valence-corrected chi connectivity index (χ3v) is 16.5. The molecule has 101 heavy (non-hydrogen) atoms. The lowest BCUT2D eigenvalue weighted by molar-refractivity contribution is -0.143. The molecule has 0 aliphatic carbocycles. The minimum Gasteiger partial charge on any atom is -0.508 e. The molecule has 0 saturated carbocycles. The number of carbonyl (C=O) groups is 12. The van der Waals surface area contributed by atoms with Gasteiger partial charge in [0.05, 0.1) is 12.5 Å². The second kappa shape index (κ2) is 40.5. The van der Waals surface area contributed by atoms with Crippen molar-refractivity contribution in [3.8, 4) is 5.75 Å². The van der Waals surface area contributed by atoms with Crippen LogP contribution in [0.1, 0.15) is 110 Å². The van der Waals surface area contributed by atoms with Crippen LogP contribution in [-0.4, -0.2) is 184 Å². The monoisotopic (exact) mass is 1430 g/mol. The van der Waals surface area contributed by atoms with Crippen LogP contribution in [0, 0.1) is 17.8 Å². The summed E-state index contributed by atoms with van der Waals surface area (Å²) in [5.74, 6) is -13.5. The molecule has 0 radical (unpaired) electrons. The molecule has 552 valence electrons. The molecule has 0 bridgehead atoms. The largest absolute Gasteiger partial charge is 0.508 e. The Morgan fingerprint density at radius 2 is 1.03 bits per heavy atom. The fraction of sp³-hybridized carbons (Fsp3) is 0.493. The van der Waals surface area contributed by atoms with Crippen LogP contribution in [0.2, 0.25) is 5.02 Å². The van der Waals surface area contributed by atoms with E-state index in [0.717, 1.165) is 17.4 Å². The number of benzene rings is 3. The van der Waals surface area contributed by atoms with E-state index in [0.29, 0.717) is 33.5 Å². The number of aliphatic imine (C=N–C) groups is 2. The van der Waals surface area contributed by atoms with Crippen molar-refractivity contribution in [1.29, 1.82) is 0 Å². The van der Waals surface area contributed by atoms with E-state index in [1.54, 1.807) is 75.5 Å². The molecule has 11 atom stereocenters. The number of nitrogens with zero attached hydrogens (tertiary/aromatic N) is 3. The maximum Gasteiger partial charge on any atom is 0.245 e. The summed E-state index contributed by atoms with van der Waals surface area (Å²) >= 11 is 6.06. The highest BCUT2D eigenvalue weighted by Gasteiger charge is 2.39. The van der Waals surface area contributed by atoms with Gasteiger partial charge >= 0.3 is 0 Å². The standard InChI is InChI=1S/C67H98ClN19O14/c1-34(2)28-48(82-57(93)36(5)29-38-16-20-41(68)21-17-38)59(95)84-50(32-53(70)91)60(96)83-49(31-40-33-78-44-13-9-8-12-43(40)44)61(97)85-54(35(3)4)63(99)86-55(37(6)88)64(100)79-45(14-10-26-76-66(72)73)58(94)80-46(24-25-52(69)90)65(101)87(7)51(15-11-27-77-67(74)75)62(98)81-47(56(71)92)30-39-18-22-42(89)23-19-39/h8-9,12-13,16-23,33-37,45-51,54-55,78,88-89H,10-11,14-15,24-32H2,1-7H3,(H2,69,90)(H2,70,91)(H2,71,92)(H,79,100)(H,80,94)(H,81,98)(H,82,93)(H,83,96)(H,84,95)(H,85,97)(H,86,99)(H4,72,73,76)(H4,74,75,77)/t36-,37+,45-,46-,47-,48-,49-,50-,51-,54-,55-/m0/s1. The van der Waals surface area contributed by atoms with Gasteiger partial charge in [0.15, 0.2) is 11.9 Å². The van der Waals surface area contributed by atoms with Crippen molar-refractivity contribution >= 4 is 105 Å². The van der Waals surface area contributed by atoms with Crippen molar-refractivity contribution in [2.75, 3.05) is 20.1 Å². The number of halogens is 1. The van der Waals surface area contributed by atoms with Crippen LogP contribution in [-0.2, 0) is 76.8 Å². The number of fused-ring (bicyclic) bond motifs is 1. The van der Waals surface area contributed by atoms with E-state index in [4.69, 9.17) is 51.7 Å². The van der Waals surface area contributed by atoms with Gasteiger partial charge in [-0.3, -0.25) is 67.5 Å². The Bertz CT molecular complexity index is 3580. The van der Waals surface area contributed by atoms with Crippen molar-refractivity contribution in [3.63, 3.8) is 0 Å². The molecule has 1 heterocycles. The number of H-pyrrole nitrogens is 1. The molecule has 1 aromatic heterocycles. The van der Waals surface area contributed by atoms with Gasteiger partial charge in [-0.2, -0.15) is 0 Å². The van der Waals surface area contributed by atoms with E-state index in [2.05, 4.69) is 57.5 Å². The molecule has 0 aliphatic heterocycles. The second-order valence-electron chi connectivity index (χ2n) is 25.6. The Labute approximate surface area is 590 Å². The average Bonchev–Trinajstić information content (AvgIpc) is 1.78. The SMILES string of the molecule is CC(C)C[C@H](NC(=O)[C@@H](C)Cc1ccc(Cl)cc1)C(=O)N[C@@H](CC(N)=O)C(=O)N[C@@H](Cc1c[nH]c2ccccc12)C(=O)N[C@H](C(=O)N[C@H](C(=O)N[C@@H](CCCN=C(N)N)C(=O)N[C@@H](CCC(N)=O)C(=O)N(C)[C@@H](CCCN=C(N)N)C(=O)N[C@@H](Cc1ccc(O)cc1)C(N)=O)[C@@H](C)O)C(C)C. The van der Waals surface area contributed by atoms with Crippen LogP contribution in [0.15, 0.2) is 89.0 Å². The number of aromatic amines is 1. The number of nitrogens with two attached hydrogens (primary N) is 7. The Kier molecular flexibility index (Phi) is 33.2. The van der Waals surface area contributed by atoms with Crippen molar-refractivity contribution in [2.24, 2.45) is 67.9 Å². The molecule has 4 aromatic rings. The zero-order valence-corrected chi connectivity index (χ0v) is 58.5. The number of aliphatic hydroxyl groups excluding tert-OH is 1. The first-order valence-corrected chi connectivity index (χ1v) is 33.3. The predicted molar refractivity (Wildman–Crippen MR) is 377 cm³/mol. The summed E-state index contributed by atoms with van der Waals surface area (Å²) in [4.78, 5) is 179. The molecule has 25 N–H and O–H groups in total. The summed E-state index contributed by atoms with van der Waals surface area (Å²) in [6.07, 6.45) is -2.13. The fourth-order valence-corrected chi connectivity index (χ4v) is 10.9. The molecule has 0 unspecified atom stereocenters. The lowest BCUT2D eigenvalue weighted by Crippen LogP contribution is -2.63. The number of aliphatic hydroxyl groups is 1. The van der Waals surface area contributed by atoms with Gasteiger partial charge in [-0.1, -0.05) is 88.7 Å². The van der Waals surface area contributed by atoms with Gasteiger partial charge in [-0.25, -0.2) is 0 Å². The highest BCUT2D eigenvalue weighted by Crippen LogP contribution is 2.22. The molecule has 0 fully saturated rings. The average molecular weight is 1430 g/mol. The van der Waals surface area contributed by atoms with Crippen molar-refractivity contribution in [3.05, 3.63) is 101 Å². The molecule has 33 nitrogen and oxygen atoms in total. The number of hydrogen-bond donors (Lipinski definition) is 18. The molecular weight excluding hydrogens is 1330 g/mol. The number of para-hydroxylation sites is 1. The molecule has 12 amide bonds. The second-order valence-corrected chi connectivity index (χ2v) is 26.0. The van der Waals surface area contributed by atoms with E-state index in [-0.39, 0.29) is 81.6 Å². The summed E-state index contributed by atoms with van der Waals surface area (Å²) in [6.45, 7) is 9.43. The molecule has 0 aliphatic rings. The maximum absolute atomic E-state index is 14.8. The minimum atomic E-state index is -1.89. The van der Waals surface area contributed by atoms with Crippen molar-refractivity contribution in [1.82, 2.24) is 52.4 Å². The number of carbonyl (C=O) groups excluding carboxylic acids is 12. The Balaban J connectivity index is 1.64. The van der Waals surface area contributed by atoms with E-state index >= 15 is 0 Å². The highest BCUT2D eigenvalue weighted by molar-refractivity contribution is 6.30. The summed E-state index contributed by atoms with van der Waals surface area (Å²) < 4.78 is 0. The number of amides is 12. The number of nitrogens with one attached hydrogen (secondary N) is 9. The van der Waals surface area contributed by atoms with Crippen LogP contribution in [0.3, 0.4) is 0 Å². The molecular formula is C67H98ClN19O14. The maximum atomic E-state index is 14.8. The quantitative estimate of drug-likeness (QED) is 0.0126. The number of phenols is 1. The number of aromatic hydroxyl groups is 1. The van der Waals surface area contributed by atoms with Crippen LogP contribution in [0.4, 0.5) is 0 Å². The van der Waals surface area contributed by atoms with E-state index in [1.807, 2.05) is 13.8 Å². The highest BCUT2D eigenvalue weighted by atomic mass is 35.5. The van der Waals surface area contributed by atoms with Gasteiger partial charge in [0.2, 0.25) is 70.9 Å². The first kappa shape index (κ1) is 82.9. The normalized spacial score (nSPS) is 14.4. The van der Waals surface area contributed by atoms with Crippen LogP contribution >= 0.6 is 11.6 Å². The number of likely N-dealkylation sites (N-methyl/N-ethyl adjacent to an activating group) is 1. The van der Waals surface area contributed by atoms with E-state index in [1.165, 1.54) is 31.3 Å². The topological polar surface area (TPSA) is 567 Å². The summed E-state index contributed by atoms with van der Waals surface area (Å²) in [5, 5.41) is 42.8. The van der Waals surface area contributed by atoms with E-state index < -0.39 is 162 Å². The van der Waals surface area contributed by atoms with Crippen LogP contribution in [0.25, 0.3) is 10.9 Å². The zero-order chi connectivity index (χ0) is 75.4. The van der Waals surface area contributed by atoms with Crippen molar-refractivity contribution in [2.45, 2.75) is 173 Å². The Hall–Kier alpha value is -10.6. The van der Waals surface area contributed by atoms with Crippen LogP contribution < -0.4 is 82.7 Å². The number of phenolic OH excluding ortho intramolecular Hbond substituents is 1. The number of rotatable bonds is 42. The molecule has 0 spiro atoms. The van der Waals surface area contributed by atoms with Gasteiger partial charge in [0.25, 0.3) is 0 Å². The number of guanidine groups is 2. The third kappa shape index (κ3) is 27.9. The van der Waals surface area contributed by atoms with Crippen LogP contribution in [0.5, 0.6) is 5.75 Å². The Morgan fingerprint density at radius 1 is 0.525 bits per heavy atom. The Morgan fingerprint density at radius 3 is 1.60 bits per heavy atom. The predicted octanol–water partition coefficient (Wildman–Crippen LogP) is -2.29. The smallest absolute Gasteiger partial charge is 0.245 e. The molecule has 4 rings (SSSR count). The lowest BCUT2D eigenvalue weighted by Gasteiger charge is -2.32. The summed E-state index contributed by atoms with van der Waals surface area (Å²) in [5.41, 5.74) is 41.5.